The molecule has 1 saturated heterocycles. The fourth-order valence-corrected chi connectivity index (χ4v) is 4.39. The van der Waals surface area contributed by atoms with Gasteiger partial charge < -0.3 is 14.6 Å². The first-order chi connectivity index (χ1) is 14.7. The monoisotopic (exact) mass is 422 g/mol. The van der Waals surface area contributed by atoms with Gasteiger partial charge in [-0.25, -0.2) is 0 Å². The minimum Gasteiger partial charge on any atom is -0.495 e. The number of nitriles is 1. The summed E-state index contributed by atoms with van der Waals surface area (Å²) in [6.45, 7) is 5.18. The zero-order valence-corrected chi connectivity index (χ0v) is 18.1. The summed E-state index contributed by atoms with van der Waals surface area (Å²) in [6, 6.07) is 13.9. The van der Waals surface area contributed by atoms with Crippen molar-refractivity contribution in [2.45, 2.75) is 19.3 Å². The number of halogens is 1. The third-order valence-corrected chi connectivity index (χ3v) is 6.16. The van der Waals surface area contributed by atoms with Crippen LogP contribution in [0.1, 0.15) is 24.0 Å². The highest BCUT2D eigenvalue weighted by Crippen LogP contribution is 2.32. The quantitative estimate of drug-likeness (QED) is 0.553. The van der Waals surface area contributed by atoms with E-state index in [0.29, 0.717) is 0 Å². The van der Waals surface area contributed by atoms with E-state index >= 15 is 0 Å². The number of ether oxygens (including phenoxy) is 1. The highest BCUT2D eigenvalue weighted by atomic mass is 35.5. The predicted octanol–water partition coefficient (Wildman–Crippen LogP) is 4.85. The summed E-state index contributed by atoms with van der Waals surface area (Å²) >= 11 is 6.19. The average molecular weight is 423 g/mol. The van der Waals surface area contributed by atoms with Gasteiger partial charge in [-0.05, 0) is 67.8 Å². The van der Waals surface area contributed by atoms with E-state index in [1.54, 1.807) is 7.11 Å². The van der Waals surface area contributed by atoms with Crippen LogP contribution in [0.4, 0.5) is 5.69 Å². The van der Waals surface area contributed by atoms with Crippen molar-refractivity contribution in [1.29, 1.82) is 5.26 Å². The van der Waals surface area contributed by atoms with Crippen molar-refractivity contribution in [3.05, 3.63) is 58.7 Å². The van der Waals surface area contributed by atoms with Crippen molar-refractivity contribution in [1.82, 2.24) is 9.88 Å². The van der Waals surface area contributed by atoms with Gasteiger partial charge in [0.05, 0.1) is 24.4 Å². The van der Waals surface area contributed by atoms with Crippen LogP contribution in [-0.2, 0) is 6.42 Å². The molecule has 1 N–H and O–H groups in total. The van der Waals surface area contributed by atoms with Crippen molar-refractivity contribution in [3.63, 3.8) is 0 Å². The van der Waals surface area contributed by atoms with E-state index in [9.17, 15) is 0 Å². The first-order valence-corrected chi connectivity index (χ1v) is 10.9. The molecule has 3 aromatic rings. The fourth-order valence-electron chi connectivity index (χ4n) is 4.23. The number of rotatable bonds is 7. The number of piperazine rings is 1. The largest absolute Gasteiger partial charge is 0.495 e. The van der Waals surface area contributed by atoms with Crippen LogP contribution >= 0.6 is 11.6 Å². The Morgan fingerprint density at radius 2 is 1.93 bits per heavy atom. The Kier molecular flexibility index (Phi) is 6.47. The summed E-state index contributed by atoms with van der Waals surface area (Å²) in [6.07, 6.45) is 5.44. The Morgan fingerprint density at radius 3 is 2.70 bits per heavy atom. The summed E-state index contributed by atoms with van der Waals surface area (Å²) in [4.78, 5) is 8.22. The number of hydrogen-bond acceptors (Lipinski definition) is 4. The van der Waals surface area contributed by atoms with E-state index in [0.717, 1.165) is 73.1 Å². The topological polar surface area (TPSA) is 55.3 Å². The number of unbranched alkanes of at least 4 members (excludes halogenated alkanes) is 1. The average Bonchev–Trinajstić information content (AvgIpc) is 3.19. The number of nitrogens with one attached hydrogen (secondary N) is 1. The molecule has 2 heterocycles. The lowest BCUT2D eigenvalue weighted by atomic mass is 10.1. The molecule has 0 atom stereocenters. The third kappa shape index (κ3) is 4.56. The maximum Gasteiger partial charge on any atom is 0.142 e. The smallest absolute Gasteiger partial charge is 0.142 e. The molecular formula is C24H27ClN4O. The summed E-state index contributed by atoms with van der Waals surface area (Å²) in [5.74, 6) is 0.881. The number of hydrogen-bond donors (Lipinski definition) is 1. The SMILES string of the molecule is COc1ccc(Cl)cc1N1CCN(CCCCc2c[nH]c3ccc(C#N)cc23)CC1. The van der Waals surface area contributed by atoms with E-state index in [2.05, 4.69) is 27.0 Å². The second-order valence-electron chi connectivity index (χ2n) is 7.79. The standard InChI is InChI=1S/C24H27ClN4O/c1-30-24-8-6-20(25)15-23(24)29-12-10-28(11-13-29)9-3-2-4-19-17-27-22-7-5-18(16-26)14-21(19)22/h5-8,14-15,17,27H,2-4,9-13H2,1H3. The number of anilines is 1. The maximum absolute atomic E-state index is 9.14. The van der Waals surface area contributed by atoms with Crippen molar-refractivity contribution >= 4 is 28.2 Å². The molecule has 4 rings (SSSR count). The van der Waals surface area contributed by atoms with Gasteiger partial charge in [-0.2, -0.15) is 5.26 Å². The van der Waals surface area contributed by atoms with Crippen LogP contribution in [0.3, 0.4) is 0 Å². The van der Waals surface area contributed by atoms with Gasteiger partial charge in [-0.1, -0.05) is 11.6 Å². The zero-order chi connectivity index (χ0) is 20.9. The van der Waals surface area contributed by atoms with E-state index in [1.165, 1.54) is 17.4 Å². The van der Waals surface area contributed by atoms with Gasteiger partial charge in [0.25, 0.3) is 0 Å². The third-order valence-electron chi connectivity index (χ3n) is 5.92. The molecule has 0 aliphatic carbocycles. The minimum atomic E-state index is 0.720. The first kappa shape index (κ1) is 20.6. The van der Waals surface area contributed by atoms with Crippen LogP contribution in [0.25, 0.3) is 10.9 Å². The first-order valence-electron chi connectivity index (χ1n) is 10.5. The molecule has 0 radical (unpaired) electrons. The molecule has 0 spiro atoms. The molecule has 30 heavy (non-hydrogen) atoms. The second kappa shape index (κ2) is 9.42. The van der Waals surface area contributed by atoms with Crippen molar-refractivity contribution in [2.24, 2.45) is 0 Å². The number of methoxy groups -OCH3 is 1. The van der Waals surface area contributed by atoms with Crippen molar-refractivity contribution in [3.8, 4) is 11.8 Å². The van der Waals surface area contributed by atoms with Crippen LogP contribution in [0.2, 0.25) is 5.02 Å². The molecule has 0 unspecified atom stereocenters. The molecule has 1 aromatic heterocycles. The number of H-pyrrole nitrogens is 1. The van der Waals surface area contributed by atoms with Crippen LogP contribution < -0.4 is 9.64 Å². The second-order valence-corrected chi connectivity index (χ2v) is 8.22. The molecule has 0 bridgehead atoms. The normalized spacial score (nSPS) is 14.8. The Bertz CT molecular complexity index is 1050. The molecule has 1 fully saturated rings. The van der Waals surface area contributed by atoms with Gasteiger partial charge in [0.1, 0.15) is 5.75 Å². The van der Waals surface area contributed by atoms with Crippen molar-refractivity contribution < 1.29 is 4.74 Å². The number of benzene rings is 2. The molecule has 0 amide bonds. The van der Waals surface area contributed by atoms with Crippen molar-refractivity contribution in [2.75, 3.05) is 44.7 Å². The molecule has 1 aliphatic rings. The predicted molar refractivity (Wildman–Crippen MR) is 123 cm³/mol. The summed E-state index contributed by atoms with van der Waals surface area (Å²) in [5.41, 5.74) is 4.22. The van der Waals surface area contributed by atoms with Gasteiger partial charge >= 0.3 is 0 Å². The maximum atomic E-state index is 9.14. The van der Waals surface area contributed by atoms with Gasteiger partial charge in [-0.15, -0.1) is 0 Å². The lowest BCUT2D eigenvalue weighted by molar-refractivity contribution is 0.252. The van der Waals surface area contributed by atoms with E-state index < -0.39 is 0 Å². The lowest BCUT2D eigenvalue weighted by Crippen LogP contribution is -2.46. The van der Waals surface area contributed by atoms with Gasteiger partial charge in [0.15, 0.2) is 0 Å². The molecule has 6 heteroatoms. The highest BCUT2D eigenvalue weighted by Gasteiger charge is 2.19. The molecule has 2 aromatic carbocycles. The highest BCUT2D eigenvalue weighted by molar-refractivity contribution is 6.30. The summed E-state index contributed by atoms with van der Waals surface area (Å²) in [7, 11) is 1.71. The Morgan fingerprint density at radius 1 is 1.10 bits per heavy atom. The zero-order valence-electron chi connectivity index (χ0n) is 17.3. The molecule has 1 aliphatic heterocycles. The Hall–Kier alpha value is -2.68. The van der Waals surface area contributed by atoms with E-state index in [1.807, 2.05) is 36.4 Å². The van der Waals surface area contributed by atoms with Gasteiger partial charge in [-0.3, -0.25) is 4.90 Å². The number of aromatic amines is 1. The molecule has 0 saturated carbocycles. The van der Waals surface area contributed by atoms with Gasteiger partial charge in [0.2, 0.25) is 0 Å². The number of aryl methyl sites for hydroxylation is 1. The van der Waals surface area contributed by atoms with Crippen LogP contribution in [-0.4, -0.2) is 49.7 Å². The van der Waals surface area contributed by atoms with Crippen LogP contribution in [0.15, 0.2) is 42.6 Å². The lowest BCUT2D eigenvalue weighted by Gasteiger charge is -2.36. The van der Waals surface area contributed by atoms with Gasteiger partial charge in [0, 0.05) is 48.3 Å². The minimum absolute atomic E-state index is 0.720. The fraction of sp³-hybridized carbons (Fsp3) is 0.375. The number of fused-ring (bicyclic) bond motifs is 1. The van der Waals surface area contributed by atoms with Crippen LogP contribution in [0.5, 0.6) is 5.75 Å². The number of aromatic nitrogens is 1. The summed E-state index contributed by atoms with van der Waals surface area (Å²) < 4.78 is 5.51. The Labute approximate surface area is 182 Å². The van der Waals surface area contributed by atoms with E-state index in [4.69, 9.17) is 21.6 Å². The van der Waals surface area contributed by atoms with E-state index in [-0.39, 0.29) is 0 Å². The number of nitrogens with zero attached hydrogens (tertiary/aromatic N) is 3. The molecule has 5 nitrogen and oxygen atoms in total. The molecular weight excluding hydrogens is 396 g/mol. The summed E-state index contributed by atoms with van der Waals surface area (Å²) in [5, 5.41) is 11.1. The molecule has 156 valence electrons. The van der Waals surface area contributed by atoms with Crippen LogP contribution in [0, 0.1) is 11.3 Å². The Balaban J connectivity index is 1.25.